The van der Waals surface area contributed by atoms with Gasteiger partial charge in [0.25, 0.3) is 5.56 Å². The lowest BCUT2D eigenvalue weighted by atomic mass is 9.96. The van der Waals surface area contributed by atoms with Gasteiger partial charge in [0.2, 0.25) is 5.89 Å². The minimum absolute atomic E-state index is 0.0563. The monoisotopic (exact) mass is 444 g/mol. The minimum atomic E-state index is -1.11. The van der Waals surface area contributed by atoms with Crippen molar-refractivity contribution in [2.24, 2.45) is 7.05 Å². The zero-order valence-corrected chi connectivity index (χ0v) is 17.2. The van der Waals surface area contributed by atoms with Crippen molar-refractivity contribution in [3.05, 3.63) is 74.3 Å². The van der Waals surface area contributed by atoms with Gasteiger partial charge in [-0.3, -0.25) is 9.36 Å². The molecule has 3 aromatic heterocycles. The van der Waals surface area contributed by atoms with Gasteiger partial charge in [0.1, 0.15) is 19.0 Å². The Hall–Kier alpha value is -3.27. The molecule has 11 heteroatoms. The summed E-state index contributed by atoms with van der Waals surface area (Å²) in [7, 11) is 1.70. The fourth-order valence-corrected chi connectivity index (χ4v) is 4.30. The van der Waals surface area contributed by atoms with Gasteiger partial charge in [0.15, 0.2) is 11.2 Å². The fourth-order valence-electron chi connectivity index (χ4n) is 4.17. The third-order valence-electron chi connectivity index (χ3n) is 5.72. The normalized spacial score (nSPS) is 21.2. The molecule has 1 saturated carbocycles. The second-order valence-corrected chi connectivity index (χ2v) is 8.15. The van der Waals surface area contributed by atoms with Crippen LogP contribution < -0.4 is 11.3 Å². The fraction of sp³-hybridized carbons (Fsp3) is 0.350. The summed E-state index contributed by atoms with van der Waals surface area (Å²) in [5.74, 6) is -0.972. The van der Waals surface area contributed by atoms with Gasteiger partial charge in [-0.05, 0) is 24.1 Å². The summed E-state index contributed by atoms with van der Waals surface area (Å²) in [4.78, 5) is 33.3. The summed E-state index contributed by atoms with van der Waals surface area (Å²) in [6.45, 7) is -0.0679. The van der Waals surface area contributed by atoms with Crippen LogP contribution in [0.4, 0.5) is 4.39 Å². The largest absolute Gasteiger partial charge is 0.437 e. The van der Waals surface area contributed by atoms with E-state index >= 15 is 0 Å². The molecule has 160 valence electrons. The van der Waals surface area contributed by atoms with Crippen LogP contribution in [0.25, 0.3) is 11.2 Å². The average Bonchev–Trinajstić information content (AvgIpc) is 3.42. The third-order valence-corrected chi connectivity index (χ3v) is 5.97. The Morgan fingerprint density at radius 2 is 1.90 bits per heavy atom. The van der Waals surface area contributed by atoms with E-state index in [0.29, 0.717) is 22.6 Å². The molecule has 31 heavy (non-hydrogen) atoms. The molecule has 1 fully saturated rings. The average molecular weight is 445 g/mol. The maximum atomic E-state index is 14.7. The molecule has 0 radical (unpaired) electrons. The molecule has 1 aliphatic carbocycles. The number of hydrogen-bond acceptors (Lipinski definition) is 6. The highest BCUT2D eigenvalue weighted by molar-refractivity contribution is 6.30. The molecule has 0 N–H and O–H groups in total. The molecular weight excluding hydrogens is 427 g/mol. The van der Waals surface area contributed by atoms with Crippen molar-refractivity contribution in [2.45, 2.75) is 37.5 Å². The zero-order chi connectivity index (χ0) is 21.7. The quantitative estimate of drug-likeness (QED) is 0.479. The van der Waals surface area contributed by atoms with Crippen LogP contribution in [-0.2, 0) is 13.6 Å². The highest BCUT2D eigenvalue weighted by Crippen LogP contribution is 2.42. The number of hydrogen-bond donors (Lipinski definition) is 0. The van der Waals surface area contributed by atoms with E-state index in [1.54, 1.807) is 35.9 Å². The number of nitrogens with zero attached hydrogens (tertiary/aromatic N) is 6. The smallest absolute Gasteiger partial charge is 0.390 e. The number of alkyl halides is 1. The lowest BCUT2D eigenvalue weighted by molar-refractivity contribution is 0.302. The standard InChI is InChI=1S/C20H18ClFN6O3/c1-26-9-23-18-17(26)19(29)27(10-24-18)8-16-25-28(20(30)31-16)13-6-14(15(22)7-13)11-2-4-12(21)5-3-11/h2-5,9-10,13-15H,6-8H2,1H3. The van der Waals surface area contributed by atoms with Gasteiger partial charge in [-0.15, -0.1) is 5.10 Å². The summed E-state index contributed by atoms with van der Waals surface area (Å²) >= 11 is 5.92. The molecular formula is C20H18ClFN6O3. The van der Waals surface area contributed by atoms with Crippen LogP contribution in [0.5, 0.6) is 0 Å². The lowest BCUT2D eigenvalue weighted by Crippen LogP contribution is -2.23. The molecule has 1 aliphatic rings. The van der Waals surface area contributed by atoms with E-state index in [0.717, 1.165) is 5.56 Å². The number of halogens is 2. The topological polar surface area (TPSA) is 101 Å². The number of aromatic nitrogens is 6. The number of rotatable bonds is 4. The van der Waals surface area contributed by atoms with Crippen molar-refractivity contribution in [1.29, 1.82) is 0 Å². The first kappa shape index (κ1) is 19.7. The first-order chi connectivity index (χ1) is 14.9. The van der Waals surface area contributed by atoms with E-state index in [1.165, 1.54) is 21.9 Å². The molecule has 5 rings (SSSR count). The first-order valence-corrected chi connectivity index (χ1v) is 10.1. The van der Waals surface area contributed by atoms with Crippen molar-refractivity contribution in [2.75, 3.05) is 0 Å². The van der Waals surface area contributed by atoms with Crippen molar-refractivity contribution >= 4 is 22.8 Å². The van der Waals surface area contributed by atoms with Gasteiger partial charge < -0.3 is 8.98 Å². The molecule has 0 spiro atoms. The van der Waals surface area contributed by atoms with Crippen LogP contribution in [0.3, 0.4) is 0 Å². The lowest BCUT2D eigenvalue weighted by Gasteiger charge is -2.12. The Balaban J connectivity index is 1.40. The molecule has 4 aromatic rings. The number of fused-ring (bicyclic) bond motifs is 1. The summed E-state index contributed by atoms with van der Waals surface area (Å²) < 4.78 is 24.0. The van der Waals surface area contributed by atoms with E-state index in [4.69, 9.17) is 16.0 Å². The number of aryl methyl sites for hydroxylation is 1. The number of imidazole rings is 1. The van der Waals surface area contributed by atoms with Crippen LogP contribution in [0, 0.1) is 0 Å². The SMILES string of the molecule is Cn1cnc2ncn(Cc3nn(C4CC(F)C(c5ccc(Cl)cc5)C4)c(=O)o3)c(=O)c21. The Morgan fingerprint density at radius 3 is 2.68 bits per heavy atom. The van der Waals surface area contributed by atoms with E-state index < -0.39 is 18.0 Å². The molecule has 3 atom stereocenters. The Morgan fingerprint density at radius 1 is 1.16 bits per heavy atom. The van der Waals surface area contributed by atoms with Gasteiger partial charge in [-0.1, -0.05) is 23.7 Å². The van der Waals surface area contributed by atoms with Crippen LogP contribution in [0.15, 0.2) is 50.9 Å². The summed E-state index contributed by atoms with van der Waals surface area (Å²) in [5, 5.41) is 4.82. The Labute approximate surface area is 179 Å². The van der Waals surface area contributed by atoms with Gasteiger partial charge in [0.05, 0.1) is 12.4 Å². The predicted molar refractivity (Wildman–Crippen MR) is 110 cm³/mol. The van der Waals surface area contributed by atoms with Crippen LogP contribution in [-0.4, -0.2) is 35.1 Å². The van der Waals surface area contributed by atoms with Crippen molar-refractivity contribution in [1.82, 2.24) is 28.9 Å². The van der Waals surface area contributed by atoms with Crippen molar-refractivity contribution < 1.29 is 8.81 Å². The molecule has 3 unspecified atom stereocenters. The van der Waals surface area contributed by atoms with Gasteiger partial charge in [0, 0.05) is 24.4 Å². The van der Waals surface area contributed by atoms with Gasteiger partial charge >= 0.3 is 5.76 Å². The summed E-state index contributed by atoms with van der Waals surface area (Å²) in [6, 6.07) is 6.61. The van der Waals surface area contributed by atoms with E-state index in [1.807, 2.05) is 0 Å². The molecule has 1 aromatic carbocycles. The van der Waals surface area contributed by atoms with E-state index in [-0.39, 0.29) is 30.3 Å². The molecule has 0 amide bonds. The van der Waals surface area contributed by atoms with E-state index in [2.05, 4.69) is 15.1 Å². The maximum absolute atomic E-state index is 14.7. The Kier molecular flexibility index (Phi) is 4.73. The highest BCUT2D eigenvalue weighted by Gasteiger charge is 2.38. The third kappa shape index (κ3) is 3.46. The minimum Gasteiger partial charge on any atom is -0.390 e. The molecule has 0 bridgehead atoms. The molecule has 0 saturated heterocycles. The zero-order valence-electron chi connectivity index (χ0n) is 16.5. The van der Waals surface area contributed by atoms with Gasteiger partial charge in [-0.25, -0.2) is 19.2 Å². The highest BCUT2D eigenvalue weighted by atomic mass is 35.5. The van der Waals surface area contributed by atoms with E-state index in [9.17, 15) is 14.0 Å². The second-order valence-electron chi connectivity index (χ2n) is 7.71. The van der Waals surface area contributed by atoms with Crippen LogP contribution in [0.1, 0.15) is 36.3 Å². The first-order valence-electron chi connectivity index (χ1n) is 9.75. The van der Waals surface area contributed by atoms with Crippen molar-refractivity contribution in [3.8, 4) is 0 Å². The molecule has 9 nitrogen and oxygen atoms in total. The van der Waals surface area contributed by atoms with Crippen molar-refractivity contribution in [3.63, 3.8) is 0 Å². The summed E-state index contributed by atoms with van der Waals surface area (Å²) in [6.07, 6.45) is 2.29. The molecule has 3 heterocycles. The number of benzene rings is 1. The molecule has 0 aliphatic heterocycles. The Bertz CT molecular complexity index is 1370. The predicted octanol–water partition coefficient (Wildman–Crippen LogP) is 2.44. The second kappa shape index (κ2) is 7.45. The maximum Gasteiger partial charge on any atom is 0.437 e. The van der Waals surface area contributed by atoms with Gasteiger partial charge in [-0.2, -0.15) is 4.68 Å². The van der Waals surface area contributed by atoms with Crippen LogP contribution in [0.2, 0.25) is 5.02 Å². The van der Waals surface area contributed by atoms with Crippen LogP contribution >= 0.6 is 11.6 Å². The summed E-state index contributed by atoms with van der Waals surface area (Å²) in [5.41, 5.74) is 1.18.